The Hall–Kier alpha value is -3.61. The maximum Gasteiger partial charge on any atom is 0.255 e. The van der Waals surface area contributed by atoms with E-state index in [1.807, 2.05) is 57.2 Å². The molecule has 3 rings (SSSR count). The summed E-state index contributed by atoms with van der Waals surface area (Å²) in [7, 11) is 1.61. The largest absolute Gasteiger partial charge is 0.497 e. The fourth-order valence-electron chi connectivity index (χ4n) is 3.45. The highest BCUT2D eigenvalue weighted by molar-refractivity contribution is 5.76. The van der Waals surface area contributed by atoms with Gasteiger partial charge in [0, 0.05) is 17.4 Å². The fourth-order valence-corrected chi connectivity index (χ4v) is 3.45. The third-order valence-electron chi connectivity index (χ3n) is 4.91. The van der Waals surface area contributed by atoms with Crippen LogP contribution in [0.15, 0.2) is 53.3 Å². The van der Waals surface area contributed by atoms with Gasteiger partial charge in [0.1, 0.15) is 12.3 Å². The van der Waals surface area contributed by atoms with Crippen molar-refractivity contribution in [3.8, 4) is 5.75 Å². The van der Waals surface area contributed by atoms with Crippen LogP contribution in [-0.4, -0.2) is 22.6 Å². The SMILES string of the molecule is COc1ccc([C@@H](C)NC(=O)Cn2c(Nc3cc(C)cc(C)c3)nc(C)cc2=O)cc1. The molecule has 0 spiro atoms. The maximum atomic E-state index is 12.7. The molecule has 0 saturated heterocycles. The number of hydrogen-bond acceptors (Lipinski definition) is 5. The first-order valence-electron chi connectivity index (χ1n) is 10.1. The molecule has 1 atom stereocenters. The van der Waals surface area contributed by atoms with E-state index in [2.05, 4.69) is 21.7 Å². The number of hydrogen-bond donors (Lipinski definition) is 2. The summed E-state index contributed by atoms with van der Waals surface area (Å²) in [6.45, 7) is 7.51. The standard InChI is InChI=1S/C24H28N4O3/c1-15-10-16(2)12-20(11-15)27-24-25-17(3)13-23(30)28(24)14-22(29)26-18(4)19-6-8-21(31-5)9-7-19/h6-13,18H,14H2,1-5H3,(H,25,27)(H,26,29)/t18-/m1/s1. The van der Waals surface area contributed by atoms with E-state index in [0.29, 0.717) is 11.6 Å². The Morgan fingerprint density at radius 2 is 1.71 bits per heavy atom. The van der Waals surface area contributed by atoms with E-state index in [4.69, 9.17) is 4.74 Å². The second-order valence-electron chi connectivity index (χ2n) is 7.71. The molecule has 7 nitrogen and oxygen atoms in total. The zero-order valence-corrected chi connectivity index (χ0v) is 18.5. The molecule has 2 aromatic carbocycles. The second-order valence-corrected chi connectivity index (χ2v) is 7.71. The molecule has 3 aromatic rings. The lowest BCUT2D eigenvalue weighted by molar-refractivity contribution is -0.122. The zero-order valence-electron chi connectivity index (χ0n) is 18.5. The number of rotatable bonds is 7. The van der Waals surface area contributed by atoms with Crippen molar-refractivity contribution in [1.29, 1.82) is 0 Å². The molecule has 0 unspecified atom stereocenters. The van der Waals surface area contributed by atoms with E-state index in [1.165, 1.54) is 10.6 Å². The van der Waals surface area contributed by atoms with Crippen LogP contribution in [0.1, 0.15) is 35.3 Å². The highest BCUT2D eigenvalue weighted by Gasteiger charge is 2.15. The summed E-state index contributed by atoms with van der Waals surface area (Å²) in [5.41, 5.74) is 4.24. The third-order valence-corrected chi connectivity index (χ3v) is 4.91. The molecular weight excluding hydrogens is 392 g/mol. The predicted octanol–water partition coefficient (Wildman–Crippen LogP) is 3.80. The van der Waals surface area contributed by atoms with E-state index in [-0.39, 0.29) is 24.1 Å². The number of amides is 1. The summed E-state index contributed by atoms with van der Waals surface area (Å²) in [5, 5.41) is 6.14. The summed E-state index contributed by atoms with van der Waals surface area (Å²) < 4.78 is 6.52. The molecule has 7 heteroatoms. The molecule has 0 radical (unpaired) electrons. The van der Waals surface area contributed by atoms with Crippen LogP contribution in [0.3, 0.4) is 0 Å². The number of carbonyl (C=O) groups excluding carboxylic acids is 1. The topological polar surface area (TPSA) is 85.2 Å². The average Bonchev–Trinajstić information content (AvgIpc) is 2.70. The van der Waals surface area contributed by atoms with E-state index in [0.717, 1.165) is 28.1 Å². The van der Waals surface area contributed by atoms with Crippen molar-refractivity contribution in [3.05, 3.63) is 81.3 Å². The van der Waals surface area contributed by atoms with Gasteiger partial charge in [-0.15, -0.1) is 0 Å². The van der Waals surface area contributed by atoms with Crippen LogP contribution in [0.5, 0.6) is 5.75 Å². The Bertz CT molecular complexity index is 1120. The number of anilines is 2. The molecule has 1 heterocycles. The number of methoxy groups -OCH3 is 1. The van der Waals surface area contributed by atoms with Crippen molar-refractivity contribution in [2.45, 2.75) is 40.3 Å². The number of ether oxygens (including phenoxy) is 1. The van der Waals surface area contributed by atoms with Crippen LogP contribution in [0, 0.1) is 20.8 Å². The van der Waals surface area contributed by atoms with Crippen LogP contribution in [-0.2, 0) is 11.3 Å². The predicted molar refractivity (Wildman–Crippen MR) is 122 cm³/mol. The molecule has 31 heavy (non-hydrogen) atoms. The Kier molecular flexibility index (Phi) is 6.74. The summed E-state index contributed by atoms with van der Waals surface area (Å²) >= 11 is 0. The van der Waals surface area contributed by atoms with E-state index < -0.39 is 0 Å². The van der Waals surface area contributed by atoms with Crippen molar-refractivity contribution < 1.29 is 9.53 Å². The van der Waals surface area contributed by atoms with Gasteiger partial charge < -0.3 is 15.4 Å². The smallest absolute Gasteiger partial charge is 0.255 e. The van der Waals surface area contributed by atoms with Crippen LogP contribution >= 0.6 is 0 Å². The van der Waals surface area contributed by atoms with Crippen molar-refractivity contribution in [2.24, 2.45) is 0 Å². The lowest BCUT2D eigenvalue weighted by atomic mass is 10.1. The van der Waals surface area contributed by atoms with Gasteiger partial charge in [0.05, 0.1) is 13.2 Å². The molecule has 0 aliphatic rings. The van der Waals surface area contributed by atoms with Crippen molar-refractivity contribution in [2.75, 3.05) is 12.4 Å². The molecule has 0 aliphatic heterocycles. The quantitative estimate of drug-likeness (QED) is 0.607. The number of nitrogens with one attached hydrogen (secondary N) is 2. The van der Waals surface area contributed by atoms with Gasteiger partial charge in [-0.3, -0.25) is 14.2 Å². The number of carbonyl (C=O) groups is 1. The fraction of sp³-hybridized carbons (Fsp3) is 0.292. The third kappa shape index (κ3) is 5.72. The van der Waals surface area contributed by atoms with Gasteiger partial charge in [0.25, 0.3) is 5.56 Å². The Morgan fingerprint density at radius 3 is 2.32 bits per heavy atom. The summed E-state index contributed by atoms with van der Waals surface area (Å²) in [6, 6.07) is 14.7. The lowest BCUT2D eigenvalue weighted by Gasteiger charge is -2.18. The first-order valence-corrected chi connectivity index (χ1v) is 10.1. The Balaban J connectivity index is 1.79. The zero-order chi connectivity index (χ0) is 22.5. The minimum Gasteiger partial charge on any atom is -0.497 e. The lowest BCUT2D eigenvalue weighted by Crippen LogP contribution is -2.35. The molecular formula is C24H28N4O3. The van der Waals surface area contributed by atoms with Gasteiger partial charge in [-0.1, -0.05) is 18.2 Å². The maximum absolute atomic E-state index is 12.7. The van der Waals surface area contributed by atoms with Gasteiger partial charge in [-0.05, 0) is 68.7 Å². The first kappa shape index (κ1) is 22.1. The molecule has 162 valence electrons. The molecule has 1 aromatic heterocycles. The van der Waals surface area contributed by atoms with Crippen LogP contribution in [0.2, 0.25) is 0 Å². The second kappa shape index (κ2) is 9.47. The van der Waals surface area contributed by atoms with Gasteiger partial charge in [0.15, 0.2) is 0 Å². The first-order chi connectivity index (χ1) is 14.7. The Morgan fingerprint density at radius 1 is 1.06 bits per heavy atom. The molecule has 0 aliphatic carbocycles. The number of nitrogens with zero attached hydrogens (tertiary/aromatic N) is 2. The van der Waals surface area contributed by atoms with Gasteiger partial charge in [-0.2, -0.15) is 0 Å². The van der Waals surface area contributed by atoms with E-state index >= 15 is 0 Å². The van der Waals surface area contributed by atoms with Crippen LogP contribution < -0.4 is 20.9 Å². The summed E-state index contributed by atoms with van der Waals surface area (Å²) in [6.07, 6.45) is 0. The monoisotopic (exact) mass is 420 g/mol. The minimum absolute atomic E-state index is 0.139. The summed E-state index contributed by atoms with van der Waals surface area (Å²) in [4.78, 5) is 29.8. The average molecular weight is 421 g/mol. The van der Waals surface area contributed by atoms with Crippen molar-refractivity contribution >= 4 is 17.5 Å². The molecule has 0 fully saturated rings. The highest BCUT2D eigenvalue weighted by Crippen LogP contribution is 2.19. The number of aromatic nitrogens is 2. The molecule has 0 saturated carbocycles. The Labute approximate surface area is 182 Å². The van der Waals surface area contributed by atoms with Crippen LogP contribution in [0.25, 0.3) is 0 Å². The van der Waals surface area contributed by atoms with Gasteiger partial charge in [0.2, 0.25) is 11.9 Å². The van der Waals surface area contributed by atoms with E-state index in [1.54, 1.807) is 14.0 Å². The minimum atomic E-state index is -0.286. The van der Waals surface area contributed by atoms with Crippen molar-refractivity contribution in [3.63, 3.8) is 0 Å². The van der Waals surface area contributed by atoms with Crippen molar-refractivity contribution in [1.82, 2.24) is 14.9 Å². The van der Waals surface area contributed by atoms with E-state index in [9.17, 15) is 9.59 Å². The normalized spacial score (nSPS) is 11.6. The number of aryl methyl sites for hydroxylation is 3. The van der Waals surface area contributed by atoms with Gasteiger partial charge >= 0.3 is 0 Å². The summed E-state index contributed by atoms with van der Waals surface area (Å²) in [5.74, 6) is 0.809. The number of benzene rings is 2. The molecule has 2 N–H and O–H groups in total. The molecule has 0 bridgehead atoms. The van der Waals surface area contributed by atoms with Gasteiger partial charge in [-0.25, -0.2) is 4.98 Å². The van der Waals surface area contributed by atoms with Crippen LogP contribution in [0.4, 0.5) is 11.6 Å². The molecule has 1 amide bonds. The highest BCUT2D eigenvalue weighted by atomic mass is 16.5.